The number of rotatable bonds is 4. The van der Waals surface area contributed by atoms with E-state index < -0.39 is 5.97 Å². The number of nitrogens with zero attached hydrogens (tertiary/aromatic N) is 2. The van der Waals surface area contributed by atoms with Gasteiger partial charge in [-0.15, -0.1) is 0 Å². The van der Waals surface area contributed by atoms with Gasteiger partial charge < -0.3 is 9.67 Å². The fourth-order valence-electron chi connectivity index (χ4n) is 2.37. The molecule has 0 bridgehead atoms. The average Bonchev–Trinajstić information content (AvgIpc) is 2.96. The molecule has 0 amide bonds. The van der Waals surface area contributed by atoms with Gasteiger partial charge in [-0.1, -0.05) is 41.9 Å². The number of aromatic carboxylic acids is 1. The van der Waals surface area contributed by atoms with Gasteiger partial charge in [0.2, 0.25) is 0 Å². The molecule has 0 atom stereocenters. The van der Waals surface area contributed by atoms with Crippen LogP contribution in [0.5, 0.6) is 0 Å². The number of hydrogen-bond donors (Lipinski definition) is 1. The SMILES string of the molecule is O=C(O)c1ccccc1Cn1ccnc1-c1ccccc1Cl. The molecule has 4 nitrogen and oxygen atoms in total. The quantitative estimate of drug-likeness (QED) is 0.793. The van der Waals surface area contributed by atoms with Gasteiger partial charge in [0, 0.05) is 24.5 Å². The average molecular weight is 313 g/mol. The number of aromatic nitrogens is 2. The summed E-state index contributed by atoms with van der Waals surface area (Å²) in [6.07, 6.45) is 3.50. The molecule has 2 aromatic carbocycles. The predicted molar refractivity (Wildman–Crippen MR) is 85.2 cm³/mol. The topological polar surface area (TPSA) is 55.1 Å². The predicted octanol–water partition coefficient (Wildman–Crippen LogP) is 3.95. The molecule has 3 aromatic rings. The van der Waals surface area contributed by atoms with Gasteiger partial charge in [-0.2, -0.15) is 0 Å². The Bertz CT molecular complexity index is 827. The molecule has 1 aromatic heterocycles. The summed E-state index contributed by atoms with van der Waals surface area (Å²) in [5.74, 6) is -0.221. The zero-order valence-corrected chi connectivity index (χ0v) is 12.4. The third-order valence-corrected chi connectivity index (χ3v) is 3.75. The molecule has 0 unspecified atom stereocenters. The van der Waals surface area contributed by atoms with Gasteiger partial charge in [-0.3, -0.25) is 0 Å². The van der Waals surface area contributed by atoms with E-state index in [0.717, 1.165) is 11.1 Å². The van der Waals surface area contributed by atoms with Gasteiger partial charge in [-0.25, -0.2) is 9.78 Å². The fraction of sp³-hybridized carbons (Fsp3) is 0.0588. The zero-order valence-electron chi connectivity index (χ0n) is 11.6. The Morgan fingerprint density at radius 2 is 1.86 bits per heavy atom. The van der Waals surface area contributed by atoms with E-state index in [-0.39, 0.29) is 0 Å². The van der Waals surface area contributed by atoms with Crippen molar-refractivity contribution in [3.63, 3.8) is 0 Å². The van der Waals surface area contributed by atoms with Crippen molar-refractivity contribution in [3.8, 4) is 11.4 Å². The lowest BCUT2D eigenvalue weighted by Crippen LogP contribution is -2.07. The van der Waals surface area contributed by atoms with E-state index in [4.69, 9.17) is 11.6 Å². The summed E-state index contributed by atoms with van der Waals surface area (Å²) < 4.78 is 1.89. The number of hydrogen-bond acceptors (Lipinski definition) is 2. The first kappa shape index (κ1) is 14.4. The third kappa shape index (κ3) is 2.73. The highest BCUT2D eigenvalue weighted by Gasteiger charge is 2.13. The van der Waals surface area contributed by atoms with Crippen molar-refractivity contribution in [2.75, 3.05) is 0 Å². The van der Waals surface area contributed by atoms with E-state index in [2.05, 4.69) is 4.98 Å². The summed E-state index contributed by atoms with van der Waals surface area (Å²) in [6.45, 7) is 0.420. The number of halogens is 1. The van der Waals surface area contributed by atoms with Crippen molar-refractivity contribution in [1.82, 2.24) is 9.55 Å². The van der Waals surface area contributed by atoms with Crippen molar-refractivity contribution in [2.24, 2.45) is 0 Å². The number of benzene rings is 2. The molecule has 0 aliphatic rings. The standard InChI is InChI=1S/C17H13ClN2O2/c18-15-8-4-3-7-14(15)16-19-9-10-20(16)11-12-5-1-2-6-13(12)17(21)22/h1-10H,11H2,(H,21,22). The summed E-state index contributed by atoms with van der Waals surface area (Å²) in [5.41, 5.74) is 1.84. The summed E-state index contributed by atoms with van der Waals surface area (Å²) in [7, 11) is 0. The second kappa shape index (κ2) is 6.03. The molecule has 0 radical (unpaired) electrons. The lowest BCUT2D eigenvalue weighted by Gasteiger charge is -2.11. The first-order valence-electron chi connectivity index (χ1n) is 6.74. The van der Waals surface area contributed by atoms with Crippen LogP contribution in [0.1, 0.15) is 15.9 Å². The van der Waals surface area contributed by atoms with Gasteiger partial charge in [0.25, 0.3) is 0 Å². The largest absolute Gasteiger partial charge is 0.478 e. The van der Waals surface area contributed by atoms with Crippen LogP contribution < -0.4 is 0 Å². The second-order valence-corrected chi connectivity index (χ2v) is 5.23. The van der Waals surface area contributed by atoms with Crippen molar-refractivity contribution in [3.05, 3.63) is 77.1 Å². The Hall–Kier alpha value is -2.59. The molecular weight excluding hydrogens is 300 g/mol. The number of carbonyl (C=O) groups is 1. The van der Waals surface area contributed by atoms with Crippen molar-refractivity contribution >= 4 is 17.6 Å². The molecule has 0 aliphatic carbocycles. The number of carboxylic acids is 1. The molecule has 22 heavy (non-hydrogen) atoms. The second-order valence-electron chi connectivity index (χ2n) is 4.82. The number of imidazole rings is 1. The molecule has 5 heteroatoms. The Labute approximate surface area is 132 Å². The zero-order chi connectivity index (χ0) is 15.5. The molecule has 0 saturated heterocycles. The van der Waals surface area contributed by atoms with E-state index in [9.17, 15) is 9.90 Å². The summed E-state index contributed by atoms with van der Waals surface area (Å²) in [4.78, 5) is 15.7. The van der Waals surface area contributed by atoms with Crippen LogP contribution in [-0.2, 0) is 6.54 Å². The first-order valence-corrected chi connectivity index (χ1v) is 7.12. The Morgan fingerprint density at radius 3 is 2.64 bits per heavy atom. The maximum absolute atomic E-state index is 11.3. The van der Waals surface area contributed by atoms with Crippen LogP contribution in [0.4, 0.5) is 0 Å². The van der Waals surface area contributed by atoms with E-state index in [1.807, 2.05) is 35.0 Å². The van der Waals surface area contributed by atoms with E-state index >= 15 is 0 Å². The third-order valence-electron chi connectivity index (χ3n) is 3.42. The molecule has 3 rings (SSSR count). The van der Waals surface area contributed by atoms with E-state index in [0.29, 0.717) is 23.0 Å². The Morgan fingerprint density at radius 1 is 1.14 bits per heavy atom. The normalized spacial score (nSPS) is 10.6. The molecule has 0 fully saturated rings. The highest BCUT2D eigenvalue weighted by molar-refractivity contribution is 6.33. The van der Waals surface area contributed by atoms with Crippen LogP contribution in [-0.4, -0.2) is 20.6 Å². The summed E-state index contributed by atoms with van der Waals surface area (Å²) >= 11 is 6.22. The minimum Gasteiger partial charge on any atom is -0.478 e. The highest BCUT2D eigenvalue weighted by atomic mass is 35.5. The number of carboxylic acid groups (broad SMARTS) is 1. The maximum atomic E-state index is 11.3. The van der Waals surface area contributed by atoms with Crippen molar-refractivity contribution in [1.29, 1.82) is 0 Å². The first-order chi connectivity index (χ1) is 10.7. The molecule has 0 aliphatic heterocycles. The van der Waals surface area contributed by atoms with Crippen molar-refractivity contribution < 1.29 is 9.90 Å². The minimum absolute atomic E-state index is 0.293. The Balaban J connectivity index is 2.01. The minimum atomic E-state index is -0.935. The van der Waals surface area contributed by atoms with Crippen LogP contribution in [0, 0.1) is 0 Å². The lowest BCUT2D eigenvalue weighted by molar-refractivity contribution is 0.0695. The summed E-state index contributed by atoms with van der Waals surface area (Å²) in [5, 5.41) is 9.89. The molecule has 0 spiro atoms. The highest BCUT2D eigenvalue weighted by Crippen LogP contribution is 2.26. The molecular formula is C17H13ClN2O2. The van der Waals surface area contributed by atoms with Crippen LogP contribution in [0.25, 0.3) is 11.4 Å². The Kier molecular flexibility index (Phi) is 3.94. The molecule has 1 N–H and O–H groups in total. The van der Waals surface area contributed by atoms with Crippen LogP contribution in [0.2, 0.25) is 5.02 Å². The van der Waals surface area contributed by atoms with Crippen molar-refractivity contribution in [2.45, 2.75) is 6.54 Å². The van der Waals surface area contributed by atoms with Gasteiger partial charge in [-0.05, 0) is 23.8 Å². The molecule has 0 saturated carbocycles. The van der Waals surface area contributed by atoms with Gasteiger partial charge in [0.05, 0.1) is 10.6 Å². The van der Waals surface area contributed by atoms with Crippen LogP contribution in [0.3, 0.4) is 0 Å². The van der Waals surface area contributed by atoms with Gasteiger partial charge >= 0.3 is 5.97 Å². The van der Waals surface area contributed by atoms with Crippen LogP contribution in [0.15, 0.2) is 60.9 Å². The summed E-state index contributed by atoms with van der Waals surface area (Å²) in [6, 6.07) is 14.4. The molecule has 1 heterocycles. The van der Waals surface area contributed by atoms with E-state index in [1.54, 1.807) is 30.5 Å². The van der Waals surface area contributed by atoms with Crippen LogP contribution >= 0.6 is 11.6 Å². The van der Waals surface area contributed by atoms with Gasteiger partial charge in [0.1, 0.15) is 5.82 Å². The molecule has 110 valence electrons. The fourth-order valence-corrected chi connectivity index (χ4v) is 2.59. The monoisotopic (exact) mass is 312 g/mol. The van der Waals surface area contributed by atoms with E-state index in [1.165, 1.54) is 0 Å². The lowest BCUT2D eigenvalue weighted by atomic mass is 10.1. The van der Waals surface area contributed by atoms with Gasteiger partial charge in [0.15, 0.2) is 0 Å². The maximum Gasteiger partial charge on any atom is 0.336 e. The smallest absolute Gasteiger partial charge is 0.336 e.